The molecule has 2 fully saturated rings. The van der Waals surface area contributed by atoms with Crippen LogP contribution in [-0.2, 0) is 14.4 Å². The van der Waals surface area contributed by atoms with Gasteiger partial charge >= 0.3 is 12.1 Å². The third kappa shape index (κ3) is 4.27. The number of aldehydes is 1. The van der Waals surface area contributed by atoms with Crippen molar-refractivity contribution in [1.82, 2.24) is 9.80 Å². The molecule has 0 aliphatic carbocycles. The lowest BCUT2D eigenvalue weighted by Crippen LogP contribution is -2.63. The van der Waals surface area contributed by atoms with Gasteiger partial charge < -0.3 is 25.5 Å². The van der Waals surface area contributed by atoms with Gasteiger partial charge in [-0.25, -0.2) is 9.59 Å². The molecule has 186 valence electrons. The molecule has 12 heteroatoms. The molecule has 0 aromatic heterocycles. The predicted molar refractivity (Wildman–Crippen MR) is 125 cm³/mol. The molecule has 3 aliphatic heterocycles. The topological polar surface area (TPSA) is 165 Å². The fourth-order valence-electron chi connectivity index (χ4n) is 5.12. The molecular formula is C23H25N3O8S. The highest BCUT2D eigenvalue weighted by Gasteiger charge is 2.60. The van der Waals surface area contributed by atoms with Gasteiger partial charge in [0.05, 0.1) is 18.1 Å². The summed E-state index contributed by atoms with van der Waals surface area (Å²) in [5, 5.41) is 31.7. The molecule has 1 aromatic carbocycles. The van der Waals surface area contributed by atoms with Gasteiger partial charge in [-0.15, -0.1) is 11.8 Å². The molecule has 0 saturated carbocycles. The van der Waals surface area contributed by atoms with Gasteiger partial charge in [-0.3, -0.25) is 19.3 Å². The molecule has 4 N–H and O–H groups in total. The minimum Gasteiger partial charge on any atom is -0.477 e. The number of aliphatic hydroxyl groups is 1. The molecule has 6 atom stereocenters. The van der Waals surface area contributed by atoms with E-state index in [1.54, 1.807) is 25.1 Å². The highest BCUT2D eigenvalue weighted by Crippen LogP contribution is 2.52. The number of hydrogen-bond acceptors (Lipinski definition) is 7. The number of nitrogens with one attached hydrogen (secondary N) is 1. The van der Waals surface area contributed by atoms with E-state index < -0.39 is 53.2 Å². The van der Waals surface area contributed by atoms with Crippen molar-refractivity contribution in [3.05, 3.63) is 40.4 Å². The number of likely N-dealkylation sites (tertiary alicyclic amines) is 1. The first-order valence-electron chi connectivity index (χ1n) is 11.1. The Morgan fingerprint density at radius 3 is 2.57 bits per heavy atom. The monoisotopic (exact) mass is 503 g/mol. The first kappa shape index (κ1) is 24.7. The number of amides is 3. The van der Waals surface area contributed by atoms with Crippen LogP contribution in [-0.4, -0.2) is 85.3 Å². The van der Waals surface area contributed by atoms with Crippen molar-refractivity contribution < 1.29 is 39.3 Å². The summed E-state index contributed by atoms with van der Waals surface area (Å²) in [5.41, 5.74) is 0.569. The second kappa shape index (κ2) is 9.34. The number of carbonyl (C=O) groups is 5. The zero-order valence-corrected chi connectivity index (χ0v) is 19.8. The number of carboxylic acid groups (broad SMARTS) is 2. The molecule has 3 amide bonds. The lowest BCUT2D eigenvalue weighted by atomic mass is 9.79. The Hall–Kier alpha value is -3.38. The van der Waals surface area contributed by atoms with Crippen LogP contribution in [0.4, 0.5) is 10.5 Å². The summed E-state index contributed by atoms with van der Waals surface area (Å²) in [6.07, 6.45) is -1.44. The second-order valence-corrected chi connectivity index (χ2v) is 10.3. The van der Waals surface area contributed by atoms with Crippen molar-refractivity contribution in [2.24, 2.45) is 11.8 Å². The summed E-state index contributed by atoms with van der Waals surface area (Å²) in [6.45, 7) is 3.27. The molecule has 0 bridgehead atoms. The van der Waals surface area contributed by atoms with E-state index in [1.807, 2.05) is 0 Å². The first-order chi connectivity index (χ1) is 16.5. The normalized spacial score (nSPS) is 28.4. The number of carbonyl (C=O) groups excluding carboxylic acids is 3. The van der Waals surface area contributed by atoms with Crippen LogP contribution in [0.25, 0.3) is 0 Å². The summed E-state index contributed by atoms with van der Waals surface area (Å²) in [4.78, 5) is 63.0. The zero-order valence-electron chi connectivity index (χ0n) is 19.0. The number of nitrogens with zero attached hydrogens (tertiary/aromatic N) is 2. The van der Waals surface area contributed by atoms with E-state index in [-0.39, 0.29) is 24.6 Å². The van der Waals surface area contributed by atoms with E-state index in [0.29, 0.717) is 22.4 Å². The van der Waals surface area contributed by atoms with E-state index in [2.05, 4.69) is 5.32 Å². The fourth-order valence-corrected chi connectivity index (χ4v) is 6.64. The maximum absolute atomic E-state index is 12.9. The van der Waals surface area contributed by atoms with E-state index in [1.165, 1.54) is 29.7 Å². The number of fused-ring (bicyclic) bond motifs is 1. The highest BCUT2D eigenvalue weighted by molar-refractivity contribution is 8.03. The molecule has 2 saturated heterocycles. The Balaban J connectivity index is 1.53. The number of benzene rings is 1. The average molecular weight is 504 g/mol. The van der Waals surface area contributed by atoms with Gasteiger partial charge in [0.1, 0.15) is 18.0 Å². The summed E-state index contributed by atoms with van der Waals surface area (Å²) >= 11 is 1.17. The van der Waals surface area contributed by atoms with Crippen LogP contribution in [0, 0.1) is 11.8 Å². The number of hydrogen-bond donors (Lipinski definition) is 4. The molecule has 3 heterocycles. The summed E-state index contributed by atoms with van der Waals surface area (Å²) in [6, 6.07) is 4.73. The van der Waals surface area contributed by atoms with E-state index in [4.69, 9.17) is 0 Å². The van der Waals surface area contributed by atoms with Gasteiger partial charge in [0.15, 0.2) is 0 Å². The SMILES string of the molecule is C[C@@H](O)[C@H]1C(=O)N2C(C(=O)O)=C(S[C@H]3C[C@@H](C(=O)Nc4cccc(C=O)c4)N(C(=O)O)C3)[C@H](C)[C@H]12. The number of rotatable bonds is 7. The quantitative estimate of drug-likeness (QED) is 0.318. The molecule has 0 unspecified atom stereocenters. The molecular weight excluding hydrogens is 478 g/mol. The van der Waals surface area contributed by atoms with Crippen LogP contribution in [0.5, 0.6) is 0 Å². The number of aliphatic hydroxyl groups excluding tert-OH is 1. The number of β-lactam (4-membered cyclic amide) rings is 1. The zero-order chi connectivity index (χ0) is 25.6. The Morgan fingerprint density at radius 2 is 1.97 bits per heavy atom. The van der Waals surface area contributed by atoms with Crippen molar-refractivity contribution in [3.63, 3.8) is 0 Å². The molecule has 1 aromatic rings. The van der Waals surface area contributed by atoms with Gasteiger partial charge in [-0.05, 0) is 25.5 Å². The molecule has 0 spiro atoms. The summed E-state index contributed by atoms with van der Waals surface area (Å²) in [5.74, 6) is -3.33. The first-order valence-corrected chi connectivity index (χ1v) is 11.9. The third-order valence-corrected chi connectivity index (χ3v) is 8.20. The summed E-state index contributed by atoms with van der Waals surface area (Å²) < 4.78 is 0. The number of aliphatic carboxylic acids is 1. The summed E-state index contributed by atoms with van der Waals surface area (Å²) in [7, 11) is 0. The maximum atomic E-state index is 12.9. The highest BCUT2D eigenvalue weighted by atomic mass is 32.2. The third-order valence-electron chi connectivity index (χ3n) is 6.71. The number of thioether (sulfide) groups is 1. The smallest absolute Gasteiger partial charge is 0.408 e. The van der Waals surface area contributed by atoms with Crippen LogP contribution in [0.2, 0.25) is 0 Å². The van der Waals surface area contributed by atoms with Crippen molar-refractivity contribution in [2.45, 2.75) is 43.7 Å². The largest absolute Gasteiger partial charge is 0.477 e. The number of carboxylic acids is 1. The van der Waals surface area contributed by atoms with E-state index >= 15 is 0 Å². The van der Waals surface area contributed by atoms with Gasteiger partial charge in [-0.2, -0.15) is 0 Å². The Bertz CT molecular complexity index is 1140. The average Bonchev–Trinajstić information content (AvgIpc) is 3.32. The molecule has 11 nitrogen and oxygen atoms in total. The van der Waals surface area contributed by atoms with Crippen LogP contribution < -0.4 is 5.32 Å². The van der Waals surface area contributed by atoms with Crippen molar-refractivity contribution in [3.8, 4) is 0 Å². The molecule has 0 radical (unpaired) electrons. The molecule has 4 rings (SSSR count). The lowest BCUT2D eigenvalue weighted by molar-refractivity contribution is -0.163. The van der Waals surface area contributed by atoms with Crippen LogP contribution >= 0.6 is 11.8 Å². The predicted octanol–water partition coefficient (Wildman–Crippen LogP) is 1.45. The standard InChI is InChI=1S/C23H25N3O8S/c1-10-17-16(11(2)28)21(30)26(17)18(22(31)32)19(10)35-14-7-15(25(8-14)23(33)34)20(29)24-13-5-3-4-12(6-13)9-27/h3-6,9-11,14-17,28H,7-8H2,1-2H3,(H,24,29)(H,31,32)(H,33,34)/t10-,11-,14+,15+,16-,17-/m1/s1. The van der Waals surface area contributed by atoms with Gasteiger partial charge in [0.25, 0.3) is 0 Å². The second-order valence-electron chi connectivity index (χ2n) is 8.93. The van der Waals surface area contributed by atoms with Crippen LogP contribution in [0.15, 0.2) is 34.9 Å². The van der Waals surface area contributed by atoms with E-state index in [9.17, 15) is 39.3 Å². The maximum Gasteiger partial charge on any atom is 0.408 e. The minimum absolute atomic E-state index is 0.00592. The van der Waals surface area contributed by atoms with Crippen molar-refractivity contribution in [1.29, 1.82) is 0 Å². The number of anilines is 1. The molecule has 35 heavy (non-hydrogen) atoms. The van der Waals surface area contributed by atoms with Gasteiger partial charge in [0.2, 0.25) is 11.8 Å². The van der Waals surface area contributed by atoms with Gasteiger partial charge in [-0.1, -0.05) is 19.1 Å². The minimum atomic E-state index is -1.28. The lowest BCUT2D eigenvalue weighted by Gasteiger charge is -2.46. The van der Waals surface area contributed by atoms with Crippen molar-refractivity contribution >= 4 is 47.6 Å². The fraction of sp³-hybridized carbons (Fsp3) is 0.435. The Labute approximate surface area is 204 Å². The van der Waals surface area contributed by atoms with Crippen LogP contribution in [0.1, 0.15) is 30.6 Å². The van der Waals surface area contributed by atoms with Crippen LogP contribution in [0.3, 0.4) is 0 Å². The van der Waals surface area contributed by atoms with Gasteiger partial charge in [0, 0.05) is 33.9 Å². The van der Waals surface area contributed by atoms with Crippen molar-refractivity contribution in [2.75, 3.05) is 11.9 Å². The Morgan fingerprint density at radius 1 is 1.26 bits per heavy atom. The molecule has 3 aliphatic rings. The van der Waals surface area contributed by atoms with E-state index in [0.717, 1.165) is 4.90 Å². The Kier molecular flexibility index (Phi) is 6.60.